The molecule has 0 bridgehead atoms. The number of aliphatic imine (C=N–C) groups is 1. The van der Waals surface area contributed by atoms with Crippen LogP contribution in [0.3, 0.4) is 0 Å². The Labute approximate surface area is 190 Å². The van der Waals surface area contributed by atoms with Crippen LogP contribution in [0.1, 0.15) is 42.8 Å². The van der Waals surface area contributed by atoms with Crippen LogP contribution in [-0.4, -0.2) is 72.5 Å². The fraction of sp³-hybridized carbons (Fsp3) is 0.542. The van der Waals surface area contributed by atoms with E-state index in [1.54, 1.807) is 12.1 Å². The van der Waals surface area contributed by atoms with Gasteiger partial charge in [-0.25, -0.2) is 9.98 Å². The number of carbonyl (C=O) groups excluding carboxylic acids is 1. The molecule has 1 N–H and O–H groups in total. The number of nitrogens with zero attached hydrogens (tertiary/aromatic N) is 5. The summed E-state index contributed by atoms with van der Waals surface area (Å²) < 4.78 is 5.25. The number of guanidine groups is 1. The predicted molar refractivity (Wildman–Crippen MR) is 126 cm³/mol. The van der Waals surface area contributed by atoms with Crippen molar-refractivity contribution in [2.24, 2.45) is 10.9 Å². The van der Waals surface area contributed by atoms with Gasteiger partial charge in [0.25, 0.3) is 5.91 Å². The van der Waals surface area contributed by atoms with Gasteiger partial charge in [-0.3, -0.25) is 4.79 Å². The number of furan rings is 1. The Morgan fingerprint density at radius 1 is 1.12 bits per heavy atom. The molecule has 4 rings (SSSR count). The van der Waals surface area contributed by atoms with E-state index in [2.05, 4.69) is 46.1 Å². The van der Waals surface area contributed by atoms with Gasteiger partial charge in [0, 0.05) is 52.0 Å². The van der Waals surface area contributed by atoms with Crippen LogP contribution in [-0.2, 0) is 6.54 Å². The van der Waals surface area contributed by atoms with Crippen LogP contribution < -0.4 is 10.2 Å². The van der Waals surface area contributed by atoms with Gasteiger partial charge in [-0.05, 0) is 49.4 Å². The van der Waals surface area contributed by atoms with Crippen molar-refractivity contribution >= 4 is 17.7 Å². The molecular weight excluding hydrogens is 404 g/mol. The van der Waals surface area contributed by atoms with E-state index in [0.717, 1.165) is 56.0 Å². The summed E-state index contributed by atoms with van der Waals surface area (Å²) in [6, 6.07) is 7.71. The van der Waals surface area contributed by atoms with Gasteiger partial charge in [0.15, 0.2) is 11.7 Å². The molecule has 0 unspecified atom stereocenters. The van der Waals surface area contributed by atoms with Gasteiger partial charge in [0.2, 0.25) is 0 Å². The molecule has 0 saturated carbocycles. The summed E-state index contributed by atoms with van der Waals surface area (Å²) in [7, 11) is 0. The number of amides is 1. The molecule has 2 aromatic heterocycles. The third-order valence-electron chi connectivity index (χ3n) is 6.26. The van der Waals surface area contributed by atoms with E-state index in [-0.39, 0.29) is 5.91 Å². The number of piperidine rings is 1. The Kier molecular flexibility index (Phi) is 7.29. The number of carbonyl (C=O) groups is 1. The highest BCUT2D eigenvalue weighted by Crippen LogP contribution is 2.21. The lowest BCUT2D eigenvalue weighted by molar-refractivity contribution is 0.0657. The quantitative estimate of drug-likeness (QED) is 0.571. The molecule has 8 heteroatoms. The summed E-state index contributed by atoms with van der Waals surface area (Å²) in [5.74, 6) is 3.11. The third-order valence-corrected chi connectivity index (χ3v) is 6.26. The number of rotatable bonds is 5. The van der Waals surface area contributed by atoms with Gasteiger partial charge in [-0.15, -0.1) is 0 Å². The molecule has 0 spiro atoms. The third kappa shape index (κ3) is 5.41. The molecule has 2 aromatic rings. The van der Waals surface area contributed by atoms with Crippen molar-refractivity contribution in [1.29, 1.82) is 0 Å². The van der Waals surface area contributed by atoms with Crippen LogP contribution in [0.4, 0.5) is 5.82 Å². The fourth-order valence-corrected chi connectivity index (χ4v) is 4.20. The molecule has 2 aliphatic rings. The summed E-state index contributed by atoms with van der Waals surface area (Å²) in [6.45, 7) is 10.7. The SMILES string of the molecule is CCNC(=NCc1ccc(N2CCC(C)CC2)nc1)N1CCN(C(=O)c2ccco2)CC1. The van der Waals surface area contributed by atoms with Crippen LogP contribution in [0, 0.1) is 5.92 Å². The molecule has 172 valence electrons. The van der Waals surface area contributed by atoms with Crippen molar-refractivity contribution in [3.8, 4) is 0 Å². The Morgan fingerprint density at radius 3 is 2.50 bits per heavy atom. The number of pyridine rings is 1. The van der Waals surface area contributed by atoms with Crippen molar-refractivity contribution in [3.05, 3.63) is 48.0 Å². The average molecular weight is 439 g/mol. The molecule has 1 amide bonds. The highest BCUT2D eigenvalue weighted by atomic mass is 16.3. The molecule has 2 saturated heterocycles. The van der Waals surface area contributed by atoms with Crippen molar-refractivity contribution in [3.63, 3.8) is 0 Å². The van der Waals surface area contributed by atoms with Gasteiger partial charge >= 0.3 is 0 Å². The summed E-state index contributed by atoms with van der Waals surface area (Å²) in [6.07, 6.45) is 5.95. The van der Waals surface area contributed by atoms with E-state index in [9.17, 15) is 4.79 Å². The highest BCUT2D eigenvalue weighted by molar-refractivity contribution is 5.91. The maximum absolute atomic E-state index is 12.5. The summed E-state index contributed by atoms with van der Waals surface area (Å²) in [5, 5.41) is 3.39. The minimum Gasteiger partial charge on any atom is -0.459 e. The molecule has 0 aliphatic carbocycles. The molecule has 2 aliphatic heterocycles. The minimum atomic E-state index is -0.0501. The van der Waals surface area contributed by atoms with E-state index >= 15 is 0 Å². The predicted octanol–water partition coefficient (Wildman–Crippen LogP) is 2.83. The van der Waals surface area contributed by atoms with Gasteiger partial charge in [0.1, 0.15) is 5.82 Å². The molecule has 8 nitrogen and oxygen atoms in total. The number of piperazine rings is 1. The number of hydrogen-bond acceptors (Lipinski definition) is 5. The average Bonchev–Trinajstić information content (AvgIpc) is 3.37. The monoisotopic (exact) mass is 438 g/mol. The molecule has 2 fully saturated rings. The van der Waals surface area contributed by atoms with Crippen molar-refractivity contribution in [1.82, 2.24) is 20.1 Å². The van der Waals surface area contributed by atoms with Crippen molar-refractivity contribution < 1.29 is 9.21 Å². The Bertz CT molecular complexity index is 880. The second-order valence-corrected chi connectivity index (χ2v) is 8.62. The fourth-order valence-electron chi connectivity index (χ4n) is 4.20. The van der Waals surface area contributed by atoms with Crippen LogP contribution in [0.15, 0.2) is 46.1 Å². The first-order valence-corrected chi connectivity index (χ1v) is 11.7. The topological polar surface area (TPSA) is 77.2 Å². The van der Waals surface area contributed by atoms with Gasteiger partial charge in [0.05, 0.1) is 12.8 Å². The second kappa shape index (κ2) is 10.5. The number of aromatic nitrogens is 1. The summed E-state index contributed by atoms with van der Waals surface area (Å²) >= 11 is 0. The van der Waals surface area contributed by atoms with E-state index in [0.29, 0.717) is 25.4 Å². The van der Waals surface area contributed by atoms with Crippen LogP contribution in [0.2, 0.25) is 0 Å². The standard InChI is InChI=1S/C24H34N6O2/c1-3-25-24(30-14-12-29(13-15-30)23(31)21-5-4-16-32-21)27-18-20-6-7-22(26-17-20)28-10-8-19(2)9-11-28/h4-7,16-17,19H,3,8-15,18H2,1-2H3,(H,25,27). The molecule has 0 atom stereocenters. The van der Waals surface area contributed by atoms with E-state index in [1.807, 2.05) is 11.1 Å². The molecule has 32 heavy (non-hydrogen) atoms. The maximum Gasteiger partial charge on any atom is 0.289 e. The normalized spacial score (nSPS) is 18.2. The number of nitrogens with one attached hydrogen (secondary N) is 1. The first-order chi connectivity index (χ1) is 15.6. The van der Waals surface area contributed by atoms with E-state index in [4.69, 9.17) is 9.41 Å². The van der Waals surface area contributed by atoms with E-state index in [1.165, 1.54) is 19.1 Å². The lowest BCUT2D eigenvalue weighted by Gasteiger charge is -2.36. The smallest absolute Gasteiger partial charge is 0.289 e. The first-order valence-electron chi connectivity index (χ1n) is 11.7. The van der Waals surface area contributed by atoms with Crippen molar-refractivity contribution in [2.45, 2.75) is 33.2 Å². The van der Waals surface area contributed by atoms with Gasteiger partial charge in [-0.1, -0.05) is 13.0 Å². The summed E-state index contributed by atoms with van der Waals surface area (Å²) in [4.78, 5) is 28.4. The zero-order chi connectivity index (χ0) is 22.3. The Balaban J connectivity index is 1.32. The molecule has 0 aromatic carbocycles. The number of anilines is 1. The lowest BCUT2D eigenvalue weighted by atomic mass is 9.99. The number of hydrogen-bond donors (Lipinski definition) is 1. The van der Waals surface area contributed by atoms with Crippen molar-refractivity contribution in [2.75, 3.05) is 50.7 Å². The highest BCUT2D eigenvalue weighted by Gasteiger charge is 2.25. The van der Waals surface area contributed by atoms with Crippen LogP contribution in [0.25, 0.3) is 0 Å². The first kappa shape index (κ1) is 22.2. The molecule has 4 heterocycles. The maximum atomic E-state index is 12.5. The zero-order valence-corrected chi connectivity index (χ0v) is 19.2. The largest absolute Gasteiger partial charge is 0.459 e. The second-order valence-electron chi connectivity index (χ2n) is 8.62. The van der Waals surface area contributed by atoms with Crippen LogP contribution in [0.5, 0.6) is 0 Å². The Hall–Kier alpha value is -3.03. The zero-order valence-electron chi connectivity index (χ0n) is 19.2. The van der Waals surface area contributed by atoms with Crippen LogP contribution >= 0.6 is 0 Å². The Morgan fingerprint density at radius 2 is 1.88 bits per heavy atom. The molecule has 0 radical (unpaired) electrons. The van der Waals surface area contributed by atoms with Gasteiger partial charge < -0.3 is 24.4 Å². The lowest BCUT2D eigenvalue weighted by Crippen LogP contribution is -2.53. The summed E-state index contributed by atoms with van der Waals surface area (Å²) in [5.41, 5.74) is 1.10. The minimum absolute atomic E-state index is 0.0501. The van der Waals surface area contributed by atoms with Gasteiger partial charge in [-0.2, -0.15) is 0 Å². The van der Waals surface area contributed by atoms with E-state index < -0.39 is 0 Å². The molecular formula is C24H34N6O2.